The topological polar surface area (TPSA) is 83.7 Å². The van der Waals surface area contributed by atoms with Crippen LogP contribution in [0.1, 0.15) is 49.1 Å². The number of fused-ring (bicyclic) bond motifs is 1. The highest BCUT2D eigenvalue weighted by molar-refractivity contribution is 5.98. The summed E-state index contributed by atoms with van der Waals surface area (Å²) in [5.41, 5.74) is 4.65. The number of ether oxygens (including phenoxy) is 1. The molecule has 0 aliphatic heterocycles. The molecular weight excluding hydrogens is 352 g/mol. The van der Waals surface area contributed by atoms with Crippen molar-refractivity contribution in [3.05, 3.63) is 58.7 Å². The van der Waals surface area contributed by atoms with Gasteiger partial charge in [0.1, 0.15) is 17.5 Å². The van der Waals surface area contributed by atoms with Gasteiger partial charge < -0.3 is 14.3 Å². The van der Waals surface area contributed by atoms with E-state index < -0.39 is 12.1 Å². The van der Waals surface area contributed by atoms with Gasteiger partial charge in [0.05, 0.1) is 11.0 Å². The second kappa shape index (κ2) is 8.13. The molecule has 1 aromatic carbocycles. The van der Waals surface area contributed by atoms with Gasteiger partial charge in [-0.1, -0.05) is 19.1 Å². The molecule has 0 amide bonds. The molecule has 0 spiro atoms. The molecule has 0 saturated heterocycles. The second-order valence-electron chi connectivity index (χ2n) is 6.83. The maximum atomic E-state index is 12.5. The molecule has 0 saturated carbocycles. The van der Waals surface area contributed by atoms with Gasteiger partial charge in [0.2, 0.25) is 0 Å². The number of carbonyl (C=O) groups is 1. The summed E-state index contributed by atoms with van der Waals surface area (Å²) in [6, 6.07) is 11.6. The number of para-hydroxylation sites is 2. The van der Waals surface area contributed by atoms with Crippen LogP contribution >= 0.6 is 0 Å². The largest absolute Gasteiger partial charge is 0.450 e. The number of aromatic nitrogens is 3. The minimum atomic E-state index is -0.657. The first-order valence-corrected chi connectivity index (χ1v) is 9.38. The van der Waals surface area contributed by atoms with Crippen molar-refractivity contribution >= 4 is 23.1 Å². The molecule has 0 fully saturated rings. The Morgan fingerprint density at radius 3 is 2.82 bits per heavy atom. The van der Waals surface area contributed by atoms with E-state index in [0.717, 1.165) is 41.0 Å². The normalized spacial score (nSPS) is 12.8. The SMILES string of the molecule is CCCn1c(C)cc(/C=C(\C#N)C(=O)O[C@H](C)c2nc3ccccc3[nH]2)c1C. The monoisotopic (exact) mass is 376 g/mol. The van der Waals surface area contributed by atoms with E-state index in [9.17, 15) is 10.1 Å². The highest BCUT2D eigenvalue weighted by Gasteiger charge is 2.19. The fourth-order valence-electron chi connectivity index (χ4n) is 3.28. The highest BCUT2D eigenvalue weighted by Crippen LogP contribution is 2.22. The van der Waals surface area contributed by atoms with Crippen LogP contribution in [0, 0.1) is 25.2 Å². The van der Waals surface area contributed by atoms with Crippen molar-refractivity contribution in [3.63, 3.8) is 0 Å². The van der Waals surface area contributed by atoms with Crippen LogP contribution < -0.4 is 0 Å². The van der Waals surface area contributed by atoms with Crippen molar-refractivity contribution in [2.45, 2.75) is 46.8 Å². The van der Waals surface area contributed by atoms with Crippen LogP contribution in [0.2, 0.25) is 0 Å². The number of aryl methyl sites for hydroxylation is 1. The van der Waals surface area contributed by atoms with Crippen LogP contribution in [-0.4, -0.2) is 20.5 Å². The third kappa shape index (κ3) is 3.84. The first-order valence-electron chi connectivity index (χ1n) is 9.38. The number of hydrogen-bond acceptors (Lipinski definition) is 4. The Kier molecular flexibility index (Phi) is 5.65. The van der Waals surface area contributed by atoms with Crippen molar-refractivity contribution < 1.29 is 9.53 Å². The van der Waals surface area contributed by atoms with Crippen LogP contribution in [0.15, 0.2) is 35.9 Å². The summed E-state index contributed by atoms with van der Waals surface area (Å²) in [6.07, 6.45) is 2.02. The van der Waals surface area contributed by atoms with Crippen molar-refractivity contribution in [2.24, 2.45) is 0 Å². The smallest absolute Gasteiger partial charge is 0.349 e. The molecule has 28 heavy (non-hydrogen) atoms. The lowest BCUT2D eigenvalue weighted by molar-refractivity contribution is -0.143. The molecule has 0 bridgehead atoms. The molecule has 0 aliphatic rings. The van der Waals surface area contributed by atoms with E-state index in [1.165, 1.54) is 0 Å². The number of H-pyrrole nitrogens is 1. The van der Waals surface area contributed by atoms with Gasteiger partial charge in [-0.2, -0.15) is 5.26 Å². The lowest BCUT2D eigenvalue weighted by atomic mass is 10.1. The van der Waals surface area contributed by atoms with E-state index in [2.05, 4.69) is 21.5 Å². The Morgan fingerprint density at radius 1 is 1.39 bits per heavy atom. The summed E-state index contributed by atoms with van der Waals surface area (Å²) in [4.78, 5) is 20.1. The Bertz CT molecular complexity index is 1050. The molecule has 3 rings (SSSR count). The van der Waals surface area contributed by atoms with Crippen LogP contribution in [0.5, 0.6) is 0 Å². The zero-order valence-electron chi connectivity index (χ0n) is 16.6. The number of benzene rings is 1. The summed E-state index contributed by atoms with van der Waals surface area (Å²) >= 11 is 0. The number of carbonyl (C=O) groups excluding carboxylic acids is 1. The summed E-state index contributed by atoms with van der Waals surface area (Å²) in [5.74, 6) is -0.108. The third-order valence-corrected chi connectivity index (χ3v) is 4.78. The van der Waals surface area contributed by atoms with Crippen molar-refractivity contribution in [2.75, 3.05) is 0 Å². The molecule has 6 heteroatoms. The molecule has 3 aromatic rings. The van der Waals surface area contributed by atoms with Crippen LogP contribution in [0.3, 0.4) is 0 Å². The molecule has 0 radical (unpaired) electrons. The van der Waals surface area contributed by atoms with E-state index in [1.807, 2.05) is 50.2 Å². The fraction of sp³-hybridized carbons (Fsp3) is 0.318. The van der Waals surface area contributed by atoms with Crippen molar-refractivity contribution in [1.82, 2.24) is 14.5 Å². The summed E-state index contributed by atoms with van der Waals surface area (Å²) in [5, 5.41) is 9.48. The quantitative estimate of drug-likeness (QED) is 0.387. The van der Waals surface area contributed by atoms with E-state index in [0.29, 0.717) is 5.82 Å². The van der Waals surface area contributed by atoms with Gasteiger partial charge >= 0.3 is 5.97 Å². The fourth-order valence-corrected chi connectivity index (χ4v) is 3.28. The molecule has 1 atom stereocenters. The molecule has 1 N–H and O–H groups in total. The predicted octanol–water partition coefficient (Wildman–Crippen LogP) is 4.60. The number of aromatic amines is 1. The Morgan fingerprint density at radius 2 is 2.14 bits per heavy atom. The lowest BCUT2D eigenvalue weighted by Crippen LogP contribution is -2.11. The maximum absolute atomic E-state index is 12.5. The summed E-state index contributed by atoms with van der Waals surface area (Å²) in [6.45, 7) is 8.77. The van der Waals surface area contributed by atoms with E-state index in [1.54, 1.807) is 13.0 Å². The average Bonchev–Trinajstić information content (AvgIpc) is 3.22. The molecular formula is C22H24N4O2. The van der Waals surface area contributed by atoms with Crippen molar-refractivity contribution in [3.8, 4) is 6.07 Å². The predicted molar refractivity (Wildman–Crippen MR) is 108 cm³/mol. The van der Waals surface area contributed by atoms with Gasteiger partial charge in [-0.05, 0) is 57.0 Å². The molecule has 144 valence electrons. The van der Waals surface area contributed by atoms with Gasteiger partial charge in [0, 0.05) is 17.9 Å². The molecule has 0 aliphatic carbocycles. The second-order valence-corrected chi connectivity index (χ2v) is 6.83. The number of hydrogen-bond donors (Lipinski definition) is 1. The zero-order valence-corrected chi connectivity index (χ0v) is 16.6. The Labute approximate surface area is 164 Å². The summed E-state index contributed by atoms with van der Waals surface area (Å²) < 4.78 is 7.67. The molecule has 6 nitrogen and oxygen atoms in total. The van der Waals surface area contributed by atoms with Crippen molar-refractivity contribution in [1.29, 1.82) is 5.26 Å². The number of imidazole rings is 1. The van der Waals surface area contributed by atoms with Gasteiger partial charge in [-0.15, -0.1) is 0 Å². The lowest BCUT2D eigenvalue weighted by Gasteiger charge is -2.10. The number of rotatable bonds is 6. The Hall–Kier alpha value is -3.33. The van der Waals surface area contributed by atoms with Gasteiger partial charge in [-0.3, -0.25) is 0 Å². The first kappa shape index (κ1) is 19.4. The first-order chi connectivity index (χ1) is 13.4. The standard InChI is InChI=1S/C22H24N4O2/c1-5-10-26-14(2)11-17(15(26)3)12-18(13-23)22(27)28-16(4)21-24-19-8-6-7-9-20(19)25-21/h6-9,11-12,16H,5,10H2,1-4H3,(H,24,25)/b18-12+/t16-/m1/s1. The maximum Gasteiger partial charge on any atom is 0.349 e. The molecule has 2 heterocycles. The van der Waals surface area contributed by atoms with E-state index in [-0.39, 0.29) is 5.57 Å². The molecule has 0 unspecified atom stereocenters. The minimum Gasteiger partial charge on any atom is -0.450 e. The van der Waals surface area contributed by atoms with E-state index in [4.69, 9.17) is 4.74 Å². The third-order valence-electron chi connectivity index (χ3n) is 4.78. The number of nitrogens with zero attached hydrogens (tertiary/aromatic N) is 3. The number of nitrogens with one attached hydrogen (secondary N) is 1. The average molecular weight is 376 g/mol. The van der Waals surface area contributed by atoms with Crippen LogP contribution in [-0.2, 0) is 16.1 Å². The minimum absolute atomic E-state index is 0.0280. The number of esters is 1. The molecule has 2 aromatic heterocycles. The van der Waals surface area contributed by atoms with Crippen LogP contribution in [0.25, 0.3) is 17.1 Å². The number of nitriles is 1. The zero-order chi connectivity index (χ0) is 20.3. The van der Waals surface area contributed by atoms with Gasteiger partial charge in [0.15, 0.2) is 6.10 Å². The Balaban J connectivity index is 1.81. The highest BCUT2D eigenvalue weighted by atomic mass is 16.5. The van der Waals surface area contributed by atoms with E-state index >= 15 is 0 Å². The van der Waals surface area contributed by atoms with Gasteiger partial charge in [-0.25, -0.2) is 9.78 Å². The summed E-state index contributed by atoms with van der Waals surface area (Å²) in [7, 11) is 0. The van der Waals surface area contributed by atoms with Gasteiger partial charge in [0.25, 0.3) is 0 Å². The van der Waals surface area contributed by atoms with Crippen LogP contribution in [0.4, 0.5) is 0 Å².